The van der Waals surface area contributed by atoms with Crippen LogP contribution in [-0.2, 0) is 7.05 Å². The van der Waals surface area contributed by atoms with Gasteiger partial charge in [0.25, 0.3) is 0 Å². The number of benzene rings is 2. The predicted molar refractivity (Wildman–Crippen MR) is 95.4 cm³/mol. The summed E-state index contributed by atoms with van der Waals surface area (Å²) in [5.74, 6) is 1.85. The minimum absolute atomic E-state index is 0.886. The number of hydrogen-bond donors (Lipinski definition) is 0. The van der Waals surface area contributed by atoms with Crippen molar-refractivity contribution in [1.29, 1.82) is 0 Å². The summed E-state index contributed by atoms with van der Waals surface area (Å²) < 4.78 is 8.55. The second-order valence-electron chi connectivity index (χ2n) is 6.45. The lowest BCUT2D eigenvalue weighted by atomic mass is 9.90. The van der Waals surface area contributed by atoms with E-state index in [2.05, 4.69) is 60.9 Å². The van der Waals surface area contributed by atoms with Crippen LogP contribution in [0.4, 0.5) is 0 Å². The molecule has 3 nitrogen and oxygen atoms in total. The van der Waals surface area contributed by atoms with Crippen LogP contribution in [0.3, 0.4) is 0 Å². The van der Waals surface area contributed by atoms with Gasteiger partial charge in [0.1, 0.15) is 23.9 Å². The van der Waals surface area contributed by atoms with E-state index in [1.54, 1.807) is 0 Å². The zero-order valence-electron chi connectivity index (χ0n) is 13.9. The molecule has 0 saturated carbocycles. The van der Waals surface area contributed by atoms with Crippen molar-refractivity contribution >= 4 is 21.7 Å². The Balaban J connectivity index is 2.06. The van der Waals surface area contributed by atoms with E-state index in [4.69, 9.17) is 4.74 Å². The molecular formula is C21H17N2O+. The third-order valence-corrected chi connectivity index (χ3v) is 5.11. The van der Waals surface area contributed by atoms with Crippen molar-refractivity contribution in [1.82, 2.24) is 4.98 Å². The van der Waals surface area contributed by atoms with E-state index in [-0.39, 0.29) is 0 Å². The van der Waals surface area contributed by atoms with Gasteiger partial charge in [0, 0.05) is 23.9 Å². The van der Waals surface area contributed by atoms with Gasteiger partial charge in [-0.2, -0.15) is 0 Å². The van der Waals surface area contributed by atoms with E-state index in [1.807, 2.05) is 18.3 Å². The van der Waals surface area contributed by atoms with Gasteiger partial charge in [0.15, 0.2) is 6.20 Å². The number of nitrogens with zero attached hydrogens (tertiary/aromatic N) is 2. The van der Waals surface area contributed by atoms with Gasteiger partial charge in [0.05, 0.1) is 11.1 Å². The molecule has 1 aliphatic rings. The summed E-state index contributed by atoms with van der Waals surface area (Å²) >= 11 is 0. The highest BCUT2D eigenvalue weighted by Crippen LogP contribution is 2.49. The standard InChI is InChI=1S/C21H17N2O/c1-12-14-6-4-5-7-15(14)13(2)21-18(12)20-19-16(9-11-23(20)3)22-10-8-17(19)24-21/h4-11H,1-3H3/q+1. The zero-order valence-corrected chi connectivity index (χ0v) is 13.9. The van der Waals surface area contributed by atoms with Crippen molar-refractivity contribution in [3.05, 3.63) is 59.9 Å². The van der Waals surface area contributed by atoms with Gasteiger partial charge < -0.3 is 4.74 Å². The molecule has 0 unspecified atom stereocenters. The summed E-state index contributed by atoms with van der Waals surface area (Å²) in [7, 11) is 2.09. The van der Waals surface area contributed by atoms with Crippen LogP contribution < -0.4 is 9.30 Å². The molecule has 1 aliphatic heterocycles. The van der Waals surface area contributed by atoms with Gasteiger partial charge in [0.2, 0.25) is 5.69 Å². The second-order valence-corrected chi connectivity index (χ2v) is 6.45. The first-order chi connectivity index (χ1) is 11.7. The fraction of sp³-hybridized carbons (Fsp3) is 0.143. The number of hydrogen-bond acceptors (Lipinski definition) is 2. The molecule has 2 aromatic carbocycles. The number of pyridine rings is 2. The number of fused-ring (bicyclic) bond motifs is 3. The molecule has 24 heavy (non-hydrogen) atoms. The van der Waals surface area contributed by atoms with Crippen LogP contribution in [0.1, 0.15) is 11.1 Å². The maximum atomic E-state index is 6.37. The SMILES string of the molecule is Cc1c2c(c(C)c3ccccc13)-c1c3c(ccnc3cc[n+]1C)O2. The van der Waals surface area contributed by atoms with Crippen LogP contribution in [-0.4, -0.2) is 4.98 Å². The minimum Gasteiger partial charge on any atom is -0.455 e. The first kappa shape index (κ1) is 13.5. The van der Waals surface area contributed by atoms with Crippen molar-refractivity contribution in [2.45, 2.75) is 13.8 Å². The smallest absolute Gasteiger partial charge is 0.229 e. The number of ether oxygens (including phenoxy) is 1. The Bertz CT molecular complexity index is 1160. The molecule has 0 N–H and O–H groups in total. The summed E-state index contributed by atoms with van der Waals surface area (Å²) in [4.78, 5) is 4.52. The van der Waals surface area contributed by atoms with Crippen LogP contribution in [0.5, 0.6) is 11.5 Å². The van der Waals surface area contributed by atoms with Crippen LogP contribution in [0, 0.1) is 13.8 Å². The van der Waals surface area contributed by atoms with E-state index in [9.17, 15) is 0 Å². The quantitative estimate of drug-likeness (QED) is 0.390. The lowest BCUT2D eigenvalue weighted by Crippen LogP contribution is -2.32. The first-order valence-electron chi connectivity index (χ1n) is 8.14. The van der Waals surface area contributed by atoms with Gasteiger partial charge in [-0.25, -0.2) is 4.57 Å². The topological polar surface area (TPSA) is 26.0 Å². The highest BCUT2D eigenvalue weighted by atomic mass is 16.5. The van der Waals surface area contributed by atoms with E-state index in [0.717, 1.165) is 22.4 Å². The molecule has 3 heteroatoms. The second kappa shape index (κ2) is 4.54. The minimum atomic E-state index is 0.886. The first-order valence-corrected chi connectivity index (χ1v) is 8.14. The van der Waals surface area contributed by atoms with Gasteiger partial charge in [-0.15, -0.1) is 0 Å². The van der Waals surface area contributed by atoms with Gasteiger partial charge in [-0.1, -0.05) is 24.3 Å². The number of aryl methyl sites for hydroxylation is 3. The van der Waals surface area contributed by atoms with Crippen LogP contribution in [0.25, 0.3) is 32.9 Å². The molecular weight excluding hydrogens is 296 g/mol. The van der Waals surface area contributed by atoms with Crippen LogP contribution in [0.15, 0.2) is 48.8 Å². The molecule has 4 aromatic rings. The molecule has 0 radical (unpaired) electrons. The van der Waals surface area contributed by atoms with Gasteiger partial charge >= 0.3 is 0 Å². The maximum absolute atomic E-state index is 6.37. The summed E-state index contributed by atoms with van der Waals surface area (Å²) in [5, 5.41) is 3.62. The third kappa shape index (κ3) is 1.56. The van der Waals surface area contributed by atoms with Crippen molar-refractivity contribution in [2.24, 2.45) is 7.05 Å². The van der Waals surface area contributed by atoms with Crippen molar-refractivity contribution in [3.8, 4) is 22.8 Å². The molecule has 2 aromatic heterocycles. The normalized spacial score (nSPS) is 12.3. The molecule has 0 amide bonds. The van der Waals surface area contributed by atoms with Crippen molar-refractivity contribution < 1.29 is 9.30 Å². The Labute approximate surface area is 140 Å². The van der Waals surface area contributed by atoms with Crippen molar-refractivity contribution in [3.63, 3.8) is 0 Å². The molecule has 0 saturated heterocycles. The summed E-state index contributed by atoms with van der Waals surface area (Å²) in [6, 6.07) is 12.5. The Morgan fingerprint density at radius 3 is 2.50 bits per heavy atom. The highest BCUT2D eigenvalue weighted by molar-refractivity contribution is 6.05. The predicted octanol–water partition coefficient (Wildman–Crippen LogP) is 4.60. The highest BCUT2D eigenvalue weighted by Gasteiger charge is 2.31. The fourth-order valence-corrected chi connectivity index (χ4v) is 3.92. The summed E-state index contributed by atoms with van der Waals surface area (Å²) in [6.07, 6.45) is 3.89. The molecule has 5 rings (SSSR count). The monoisotopic (exact) mass is 313 g/mol. The van der Waals surface area contributed by atoms with Crippen LogP contribution in [0.2, 0.25) is 0 Å². The lowest BCUT2D eigenvalue weighted by molar-refractivity contribution is -0.659. The van der Waals surface area contributed by atoms with Crippen LogP contribution >= 0.6 is 0 Å². The van der Waals surface area contributed by atoms with Crippen molar-refractivity contribution in [2.75, 3.05) is 0 Å². The summed E-state index contributed by atoms with van der Waals surface area (Å²) in [6.45, 7) is 4.33. The van der Waals surface area contributed by atoms with Gasteiger partial charge in [-0.3, -0.25) is 4.98 Å². The van der Waals surface area contributed by atoms with E-state index >= 15 is 0 Å². The average Bonchev–Trinajstić information content (AvgIpc) is 2.62. The molecule has 0 atom stereocenters. The average molecular weight is 313 g/mol. The van der Waals surface area contributed by atoms with E-state index in [0.29, 0.717) is 0 Å². The number of aromatic nitrogens is 2. The largest absolute Gasteiger partial charge is 0.455 e. The van der Waals surface area contributed by atoms with E-state index in [1.165, 1.54) is 33.2 Å². The number of rotatable bonds is 0. The van der Waals surface area contributed by atoms with E-state index < -0.39 is 0 Å². The maximum Gasteiger partial charge on any atom is 0.229 e. The Hall–Kier alpha value is -2.94. The molecule has 0 bridgehead atoms. The molecule has 0 aliphatic carbocycles. The van der Waals surface area contributed by atoms with Gasteiger partial charge in [-0.05, 0) is 30.2 Å². The molecule has 0 spiro atoms. The Morgan fingerprint density at radius 2 is 1.71 bits per heavy atom. The molecule has 0 fully saturated rings. The molecule has 116 valence electrons. The third-order valence-electron chi connectivity index (χ3n) is 5.11. The summed E-state index contributed by atoms with van der Waals surface area (Å²) in [5.41, 5.74) is 5.77. The Kier molecular flexibility index (Phi) is 2.55. The Morgan fingerprint density at radius 1 is 0.958 bits per heavy atom. The zero-order chi connectivity index (χ0) is 16.4. The fourth-order valence-electron chi connectivity index (χ4n) is 3.92. The lowest BCUT2D eigenvalue weighted by Gasteiger charge is -2.23. The molecule has 3 heterocycles.